The van der Waals surface area contributed by atoms with Crippen molar-refractivity contribution in [2.45, 2.75) is 18.9 Å². The molecule has 3 aromatic carbocycles. The minimum absolute atomic E-state index is 0.132. The monoisotopic (exact) mass is 415 g/mol. The number of nitrogens with zero attached hydrogens (tertiary/aromatic N) is 1. The fraction of sp³-hybridized carbons (Fsp3) is 0.200. The van der Waals surface area contributed by atoms with E-state index in [1.807, 2.05) is 72.8 Å². The summed E-state index contributed by atoms with van der Waals surface area (Å²) in [6.07, 6.45) is 1.44. The maximum atomic E-state index is 13.2. The van der Waals surface area contributed by atoms with Crippen molar-refractivity contribution in [1.82, 2.24) is 0 Å². The molecule has 0 aliphatic carbocycles. The summed E-state index contributed by atoms with van der Waals surface area (Å²) in [5.41, 5.74) is 3.11. The van der Waals surface area contributed by atoms with Crippen molar-refractivity contribution in [3.05, 3.63) is 84.4 Å². The van der Waals surface area contributed by atoms with Gasteiger partial charge >= 0.3 is 0 Å². The Bertz CT molecular complexity index is 1070. The van der Waals surface area contributed by atoms with Gasteiger partial charge in [-0.05, 0) is 42.3 Å². The van der Waals surface area contributed by atoms with Gasteiger partial charge in [0, 0.05) is 36.1 Å². The minimum atomic E-state index is -0.614. The average molecular weight is 415 g/mol. The maximum absolute atomic E-state index is 13.2. The van der Waals surface area contributed by atoms with E-state index < -0.39 is 6.04 Å². The van der Waals surface area contributed by atoms with Crippen molar-refractivity contribution >= 4 is 28.9 Å². The number of hydrogen-bond acceptors (Lipinski definition) is 4. The van der Waals surface area contributed by atoms with Gasteiger partial charge in [-0.3, -0.25) is 9.59 Å². The van der Waals surface area contributed by atoms with Crippen molar-refractivity contribution in [3.8, 4) is 5.75 Å². The lowest BCUT2D eigenvalue weighted by Crippen LogP contribution is -2.27. The Balaban J connectivity index is 1.59. The highest BCUT2D eigenvalue weighted by atomic mass is 16.5. The van der Waals surface area contributed by atoms with Gasteiger partial charge < -0.3 is 20.3 Å². The first-order chi connectivity index (χ1) is 15.1. The number of amides is 2. The largest absolute Gasteiger partial charge is 0.497 e. The first-order valence-corrected chi connectivity index (χ1v) is 10.3. The highest BCUT2D eigenvalue weighted by Gasteiger charge is 2.24. The molecule has 0 saturated carbocycles. The number of hydrogen-bond donors (Lipinski definition) is 2. The molecule has 1 fully saturated rings. The van der Waals surface area contributed by atoms with E-state index in [1.54, 1.807) is 18.1 Å². The summed E-state index contributed by atoms with van der Waals surface area (Å²) in [4.78, 5) is 27.1. The van der Waals surface area contributed by atoms with Gasteiger partial charge in [0.2, 0.25) is 5.91 Å². The van der Waals surface area contributed by atoms with E-state index in [-0.39, 0.29) is 11.8 Å². The molecule has 4 rings (SSSR count). The number of anilines is 3. The molecule has 1 heterocycles. The van der Waals surface area contributed by atoms with Gasteiger partial charge in [-0.15, -0.1) is 0 Å². The molecule has 0 radical (unpaired) electrons. The van der Waals surface area contributed by atoms with Crippen LogP contribution in [0.25, 0.3) is 0 Å². The van der Waals surface area contributed by atoms with Crippen LogP contribution in [-0.2, 0) is 9.59 Å². The molecule has 2 amide bonds. The smallest absolute Gasteiger partial charge is 0.251 e. The molecule has 0 aromatic heterocycles. The van der Waals surface area contributed by atoms with Crippen LogP contribution in [0.15, 0.2) is 78.9 Å². The Morgan fingerprint density at radius 2 is 1.74 bits per heavy atom. The molecule has 2 N–H and O–H groups in total. The SMILES string of the molecule is COc1cccc(NC(=O)C(Nc2cccc(N3CCCC3=O)c2)c2ccccc2)c1. The molecule has 6 nitrogen and oxygen atoms in total. The fourth-order valence-corrected chi connectivity index (χ4v) is 3.71. The highest BCUT2D eigenvalue weighted by Crippen LogP contribution is 2.28. The second-order valence-corrected chi connectivity index (χ2v) is 7.41. The van der Waals surface area contributed by atoms with E-state index >= 15 is 0 Å². The van der Waals surface area contributed by atoms with Crippen LogP contribution in [0.3, 0.4) is 0 Å². The van der Waals surface area contributed by atoms with Gasteiger partial charge in [-0.25, -0.2) is 0 Å². The zero-order valence-electron chi connectivity index (χ0n) is 17.4. The summed E-state index contributed by atoms with van der Waals surface area (Å²) < 4.78 is 5.25. The highest BCUT2D eigenvalue weighted by molar-refractivity contribution is 5.98. The van der Waals surface area contributed by atoms with Crippen LogP contribution >= 0.6 is 0 Å². The van der Waals surface area contributed by atoms with Gasteiger partial charge in [0.15, 0.2) is 0 Å². The molecule has 158 valence electrons. The predicted octanol–water partition coefficient (Wildman–Crippen LogP) is 4.61. The lowest BCUT2D eigenvalue weighted by Gasteiger charge is -2.22. The van der Waals surface area contributed by atoms with Gasteiger partial charge in [0.25, 0.3) is 5.91 Å². The summed E-state index contributed by atoms with van der Waals surface area (Å²) in [7, 11) is 1.59. The van der Waals surface area contributed by atoms with Crippen molar-refractivity contribution < 1.29 is 14.3 Å². The van der Waals surface area contributed by atoms with Crippen molar-refractivity contribution in [2.75, 3.05) is 29.2 Å². The lowest BCUT2D eigenvalue weighted by molar-refractivity contribution is -0.117. The van der Waals surface area contributed by atoms with Crippen molar-refractivity contribution in [2.24, 2.45) is 0 Å². The quantitative estimate of drug-likeness (QED) is 0.591. The molecule has 6 heteroatoms. The fourth-order valence-electron chi connectivity index (χ4n) is 3.71. The van der Waals surface area contributed by atoms with Crippen LogP contribution in [0.4, 0.5) is 17.1 Å². The molecule has 1 saturated heterocycles. The molecule has 0 bridgehead atoms. The van der Waals surface area contributed by atoms with Crippen LogP contribution in [-0.4, -0.2) is 25.5 Å². The van der Waals surface area contributed by atoms with E-state index in [1.165, 1.54) is 0 Å². The number of ether oxygens (including phenoxy) is 1. The number of methoxy groups -OCH3 is 1. The minimum Gasteiger partial charge on any atom is -0.497 e. The van der Waals surface area contributed by atoms with Gasteiger partial charge in [0.05, 0.1) is 7.11 Å². The van der Waals surface area contributed by atoms with Gasteiger partial charge in [-0.1, -0.05) is 42.5 Å². The zero-order valence-corrected chi connectivity index (χ0v) is 17.4. The number of benzene rings is 3. The van der Waals surface area contributed by atoms with Crippen LogP contribution in [0.5, 0.6) is 5.75 Å². The van der Waals surface area contributed by atoms with Crippen LogP contribution in [0.2, 0.25) is 0 Å². The van der Waals surface area contributed by atoms with Crippen molar-refractivity contribution in [3.63, 3.8) is 0 Å². The molecule has 0 spiro atoms. The lowest BCUT2D eigenvalue weighted by atomic mass is 10.1. The van der Waals surface area contributed by atoms with Crippen molar-refractivity contribution in [1.29, 1.82) is 0 Å². The molecule has 1 aliphatic rings. The molecule has 1 aliphatic heterocycles. The Kier molecular flexibility index (Phi) is 6.17. The van der Waals surface area contributed by atoms with E-state index in [4.69, 9.17) is 4.74 Å². The molecular weight excluding hydrogens is 390 g/mol. The molecule has 1 unspecified atom stereocenters. The van der Waals surface area contributed by atoms with E-state index in [9.17, 15) is 9.59 Å². The normalized spacial score (nSPS) is 14.2. The Hall–Kier alpha value is -3.80. The predicted molar refractivity (Wildman–Crippen MR) is 122 cm³/mol. The molecular formula is C25H25N3O3. The summed E-state index contributed by atoms with van der Waals surface area (Å²) in [5, 5.41) is 6.31. The first-order valence-electron chi connectivity index (χ1n) is 10.3. The van der Waals surface area contributed by atoms with E-state index in [0.29, 0.717) is 17.9 Å². The third kappa shape index (κ3) is 4.86. The number of carbonyl (C=O) groups is 2. The second-order valence-electron chi connectivity index (χ2n) is 7.41. The van der Waals surface area contributed by atoms with Crippen LogP contribution < -0.4 is 20.3 Å². The summed E-state index contributed by atoms with van der Waals surface area (Å²) >= 11 is 0. The summed E-state index contributed by atoms with van der Waals surface area (Å²) in [6.45, 7) is 0.723. The zero-order chi connectivity index (χ0) is 21.6. The number of rotatable bonds is 7. The Morgan fingerprint density at radius 3 is 2.48 bits per heavy atom. The molecule has 31 heavy (non-hydrogen) atoms. The molecule has 3 aromatic rings. The maximum Gasteiger partial charge on any atom is 0.251 e. The second kappa shape index (κ2) is 9.34. The summed E-state index contributed by atoms with van der Waals surface area (Å²) in [5.74, 6) is 0.611. The standard InChI is InChI=1S/C25H25N3O3/c1-31-22-13-6-11-20(17-22)27-25(30)24(18-8-3-2-4-9-18)26-19-10-5-12-21(16-19)28-15-7-14-23(28)29/h2-6,8-13,16-17,24,26H,7,14-15H2,1H3,(H,27,30). The van der Waals surface area contributed by atoms with E-state index in [0.717, 1.165) is 29.9 Å². The molecule has 1 atom stereocenters. The van der Waals surface area contributed by atoms with E-state index in [2.05, 4.69) is 10.6 Å². The Morgan fingerprint density at radius 1 is 0.968 bits per heavy atom. The Labute approximate surface area is 181 Å². The topological polar surface area (TPSA) is 70.7 Å². The van der Waals surface area contributed by atoms with Crippen LogP contribution in [0.1, 0.15) is 24.4 Å². The van der Waals surface area contributed by atoms with Gasteiger partial charge in [0.1, 0.15) is 11.8 Å². The number of nitrogens with one attached hydrogen (secondary N) is 2. The number of carbonyl (C=O) groups excluding carboxylic acids is 2. The average Bonchev–Trinajstić information content (AvgIpc) is 3.24. The summed E-state index contributed by atoms with van der Waals surface area (Å²) in [6, 6.07) is 23.8. The third-order valence-corrected chi connectivity index (χ3v) is 5.27. The third-order valence-electron chi connectivity index (χ3n) is 5.27. The van der Waals surface area contributed by atoms with Crippen LogP contribution in [0, 0.1) is 0 Å². The van der Waals surface area contributed by atoms with Gasteiger partial charge in [-0.2, -0.15) is 0 Å². The first kappa shape index (κ1) is 20.5.